The number of carbonyl (C=O) groups excluding carboxylic acids is 2. The van der Waals surface area contributed by atoms with Gasteiger partial charge in [-0.2, -0.15) is 0 Å². The lowest BCUT2D eigenvalue weighted by Crippen LogP contribution is -2.39. The molecule has 110 valence electrons. The highest BCUT2D eigenvalue weighted by Gasteiger charge is 2.40. The lowest BCUT2D eigenvalue weighted by atomic mass is 9.83. The van der Waals surface area contributed by atoms with Gasteiger partial charge in [-0.3, -0.25) is 14.9 Å². The van der Waals surface area contributed by atoms with Crippen molar-refractivity contribution >= 4 is 11.8 Å². The highest BCUT2D eigenvalue weighted by molar-refractivity contribution is 6.09. The number of carbonyl (C=O) groups is 2. The summed E-state index contributed by atoms with van der Waals surface area (Å²) < 4.78 is 5.07. The van der Waals surface area contributed by atoms with Crippen LogP contribution >= 0.6 is 0 Å². The topological polar surface area (TPSA) is 76.4 Å². The summed E-state index contributed by atoms with van der Waals surface area (Å²) in [5.74, 6) is 1.50. The van der Waals surface area contributed by atoms with E-state index in [9.17, 15) is 14.4 Å². The molecule has 3 aliphatic rings. The van der Waals surface area contributed by atoms with Crippen LogP contribution < -0.4 is 10.9 Å². The maximum absolute atomic E-state index is 12.1. The second-order valence-corrected chi connectivity index (χ2v) is 6.58. The van der Waals surface area contributed by atoms with Crippen molar-refractivity contribution in [3.8, 4) is 0 Å². The molecule has 5 heteroatoms. The largest absolute Gasteiger partial charge is 0.426 e. The van der Waals surface area contributed by atoms with E-state index >= 15 is 0 Å². The van der Waals surface area contributed by atoms with Gasteiger partial charge in [-0.15, -0.1) is 0 Å². The smallest absolute Gasteiger partial charge is 0.336 e. The molecular formula is C16H17NO4. The Balaban J connectivity index is 1.70. The second kappa shape index (κ2) is 4.55. The predicted molar refractivity (Wildman–Crippen MR) is 73.8 cm³/mol. The summed E-state index contributed by atoms with van der Waals surface area (Å²) in [7, 11) is 0. The van der Waals surface area contributed by atoms with Crippen molar-refractivity contribution in [3.63, 3.8) is 0 Å². The first-order valence-corrected chi connectivity index (χ1v) is 7.60. The fraction of sp³-hybridized carbons (Fsp3) is 0.562. The lowest BCUT2D eigenvalue weighted by Gasteiger charge is -2.23. The Morgan fingerprint density at radius 3 is 2.76 bits per heavy atom. The van der Waals surface area contributed by atoms with Gasteiger partial charge in [0.05, 0.1) is 12.0 Å². The molecule has 2 amide bonds. The van der Waals surface area contributed by atoms with Gasteiger partial charge < -0.3 is 4.42 Å². The summed E-state index contributed by atoms with van der Waals surface area (Å²) in [5.41, 5.74) is 0.704. The first-order chi connectivity index (χ1) is 10.1. The molecule has 21 heavy (non-hydrogen) atoms. The number of imide groups is 1. The molecular weight excluding hydrogens is 270 g/mol. The van der Waals surface area contributed by atoms with Crippen LogP contribution in [0.3, 0.4) is 0 Å². The van der Waals surface area contributed by atoms with Gasteiger partial charge in [0.25, 0.3) is 5.91 Å². The lowest BCUT2D eigenvalue weighted by molar-refractivity contribution is -0.120. The zero-order valence-corrected chi connectivity index (χ0v) is 11.7. The summed E-state index contributed by atoms with van der Waals surface area (Å²) in [6.45, 7) is 0. The van der Waals surface area contributed by atoms with Crippen LogP contribution in [0.15, 0.2) is 15.3 Å². The van der Waals surface area contributed by atoms with Crippen LogP contribution in [0.2, 0.25) is 0 Å². The van der Waals surface area contributed by atoms with Gasteiger partial charge in [-0.05, 0) is 49.0 Å². The summed E-state index contributed by atoms with van der Waals surface area (Å²) >= 11 is 0. The van der Waals surface area contributed by atoms with E-state index in [0.717, 1.165) is 23.8 Å². The SMILES string of the molecule is O=C1Cc2oc(=O)cc(CC3C[C@@H]4CC[C@H]3C4)c2C(=O)N1. The second-order valence-electron chi connectivity index (χ2n) is 6.58. The molecule has 0 spiro atoms. The number of nitrogens with one attached hydrogen (secondary N) is 1. The highest BCUT2D eigenvalue weighted by atomic mass is 16.4. The molecule has 1 aliphatic heterocycles. The monoisotopic (exact) mass is 287 g/mol. The standard InChI is InChI=1S/C16H17NO4/c18-13-7-12-15(16(20)17-13)11(6-14(19)21-12)5-10-4-8-1-2-9(10)3-8/h6,8-10H,1-5,7H2,(H,17,18,20)/t8-,9+,10?/m1/s1. The molecule has 0 aromatic carbocycles. The molecule has 3 atom stereocenters. The molecule has 2 aliphatic carbocycles. The van der Waals surface area contributed by atoms with E-state index in [4.69, 9.17) is 4.42 Å². The third-order valence-electron chi connectivity index (χ3n) is 5.28. The Kier molecular flexibility index (Phi) is 2.77. The van der Waals surface area contributed by atoms with Crippen molar-refractivity contribution in [2.75, 3.05) is 0 Å². The van der Waals surface area contributed by atoms with Gasteiger partial charge in [0, 0.05) is 6.07 Å². The minimum absolute atomic E-state index is 0.0269. The molecule has 4 rings (SSSR count). The molecule has 1 N–H and O–H groups in total. The third kappa shape index (κ3) is 2.11. The van der Waals surface area contributed by atoms with E-state index in [-0.39, 0.29) is 12.2 Å². The Morgan fingerprint density at radius 2 is 2.05 bits per heavy atom. The zero-order chi connectivity index (χ0) is 14.6. The Labute approximate surface area is 121 Å². The van der Waals surface area contributed by atoms with Crippen molar-refractivity contribution in [2.24, 2.45) is 17.8 Å². The van der Waals surface area contributed by atoms with Crippen molar-refractivity contribution in [3.05, 3.63) is 33.4 Å². The molecule has 2 saturated carbocycles. The van der Waals surface area contributed by atoms with E-state index < -0.39 is 17.4 Å². The number of fused-ring (bicyclic) bond motifs is 3. The van der Waals surface area contributed by atoms with E-state index in [2.05, 4.69) is 5.32 Å². The first kappa shape index (κ1) is 12.8. The summed E-state index contributed by atoms with van der Waals surface area (Å²) in [4.78, 5) is 35.2. The highest BCUT2D eigenvalue weighted by Crippen LogP contribution is 2.49. The van der Waals surface area contributed by atoms with Crippen LogP contribution in [0.1, 0.15) is 47.4 Å². The third-order valence-corrected chi connectivity index (χ3v) is 5.28. The van der Waals surface area contributed by atoms with Crippen molar-refractivity contribution in [2.45, 2.75) is 38.5 Å². The molecule has 5 nitrogen and oxygen atoms in total. The Hall–Kier alpha value is -1.91. The Bertz CT molecular complexity index is 690. The molecule has 0 saturated heterocycles. The van der Waals surface area contributed by atoms with E-state index in [1.165, 1.54) is 31.7 Å². The number of hydrogen-bond acceptors (Lipinski definition) is 4. The van der Waals surface area contributed by atoms with Gasteiger partial charge in [0.2, 0.25) is 5.91 Å². The molecule has 2 fully saturated rings. The molecule has 1 aromatic rings. The maximum atomic E-state index is 12.1. The van der Waals surface area contributed by atoms with Crippen molar-refractivity contribution < 1.29 is 14.0 Å². The fourth-order valence-electron chi connectivity index (χ4n) is 4.44. The number of rotatable bonds is 2. The van der Waals surface area contributed by atoms with Gasteiger partial charge in [0.15, 0.2) is 0 Å². The van der Waals surface area contributed by atoms with Crippen LogP contribution in [0, 0.1) is 17.8 Å². The minimum atomic E-state index is -0.464. The maximum Gasteiger partial charge on any atom is 0.336 e. The zero-order valence-electron chi connectivity index (χ0n) is 11.7. The molecule has 1 unspecified atom stereocenters. The van der Waals surface area contributed by atoms with Gasteiger partial charge in [-0.25, -0.2) is 4.79 Å². The van der Waals surface area contributed by atoms with Crippen molar-refractivity contribution in [1.82, 2.24) is 5.32 Å². The van der Waals surface area contributed by atoms with E-state index in [0.29, 0.717) is 11.5 Å². The van der Waals surface area contributed by atoms with Crippen LogP contribution in [-0.2, 0) is 17.6 Å². The van der Waals surface area contributed by atoms with Crippen LogP contribution in [0.25, 0.3) is 0 Å². The van der Waals surface area contributed by atoms with Crippen LogP contribution in [0.5, 0.6) is 0 Å². The molecule has 1 aromatic heterocycles. The fourth-order valence-corrected chi connectivity index (χ4v) is 4.44. The van der Waals surface area contributed by atoms with Gasteiger partial charge >= 0.3 is 5.63 Å². The van der Waals surface area contributed by atoms with Crippen LogP contribution in [0.4, 0.5) is 0 Å². The minimum Gasteiger partial charge on any atom is -0.426 e. The molecule has 0 radical (unpaired) electrons. The van der Waals surface area contributed by atoms with E-state index in [1.807, 2.05) is 0 Å². The summed E-state index contributed by atoms with van der Waals surface area (Å²) in [5, 5.41) is 2.31. The van der Waals surface area contributed by atoms with E-state index in [1.54, 1.807) is 0 Å². The average molecular weight is 287 g/mol. The quantitative estimate of drug-likeness (QED) is 0.835. The number of hydrogen-bond donors (Lipinski definition) is 1. The van der Waals surface area contributed by atoms with Crippen molar-refractivity contribution in [1.29, 1.82) is 0 Å². The predicted octanol–water partition coefficient (Wildman–Crippen LogP) is 1.43. The first-order valence-electron chi connectivity index (χ1n) is 7.60. The summed E-state index contributed by atoms with van der Waals surface area (Å²) in [6.07, 6.45) is 5.80. The number of amides is 2. The summed E-state index contributed by atoms with van der Waals surface area (Å²) in [6, 6.07) is 1.43. The molecule has 2 heterocycles. The van der Waals surface area contributed by atoms with Gasteiger partial charge in [-0.1, -0.05) is 6.42 Å². The average Bonchev–Trinajstić information content (AvgIpc) is 2.99. The Morgan fingerprint density at radius 1 is 1.19 bits per heavy atom. The molecule has 2 bridgehead atoms. The van der Waals surface area contributed by atoms with Crippen LogP contribution in [-0.4, -0.2) is 11.8 Å². The normalized spacial score (nSPS) is 30.4. The van der Waals surface area contributed by atoms with Gasteiger partial charge in [0.1, 0.15) is 5.76 Å².